The molecular weight excluding hydrogens is 300 g/mol. The monoisotopic (exact) mass is 326 g/mol. The van der Waals surface area contributed by atoms with E-state index < -0.39 is 28.7 Å². The van der Waals surface area contributed by atoms with Crippen LogP contribution in [0.5, 0.6) is 0 Å². The molecule has 1 atom stereocenters. The van der Waals surface area contributed by atoms with Crippen molar-refractivity contribution < 1.29 is 32.4 Å². The lowest BCUT2D eigenvalue weighted by atomic mass is 10.0. The third-order valence-electron chi connectivity index (χ3n) is 2.61. The summed E-state index contributed by atoms with van der Waals surface area (Å²) in [6.07, 6.45) is 0.346. The highest BCUT2D eigenvalue weighted by molar-refractivity contribution is 8.21. The Balaban J connectivity index is 4.57. The summed E-state index contributed by atoms with van der Waals surface area (Å²) in [6, 6.07) is 0. The van der Waals surface area contributed by atoms with Gasteiger partial charge in [0.15, 0.2) is 0 Å². The first-order valence-corrected chi connectivity index (χ1v) is 8.67. The number of carboxylic acid groups (broad SMARTS) is 2. The van der Waals surface area contributed by atoms with Gasteiger partial charge in [0, 0.05) is 5.75 Å². The van der Waals surface area contributed by atoms with Crippen molar-refractivity contribution in [2.24, 2.45) is 5.92 Å². The van der Waals surface area contributed by atoms with Gasteiger partial charge in [-0.15, -0.1) is 0 Å². The molecule has 0 rings (SSSR count). The van der Waals surface area contributed by atoms with Crippen LogP contribution in [0.2, 0.25) is 0 Å². The van der Waals surface area contributed by atoms with Crippen LogP contribution in [0.3, 0.4) is 0 Å². The first kappa shape index (κ1) is 20.2. The maximum atomic E-state index is 11.0. The van der Waals surface area contributed by atoms with Crippen LogP contribution in [-0.2, 0) is 22.1 Å². The standard InChI is InChI=1S/C13H26O7S/c1-4-18-21(19-5-2,20-6-3)9-7-8-11(13(16)17)10-12(14)15/h11H,4-10H2,1-3H3,(H,14,15)(H,16,17). The van der Waals surface area contributed by atoms with Crippen molar-refractivity contribution in [2.75, 3.05) is 25.6 Å². The maximum Gasteiger partial charge on any atom is 0.307 e. The molecule has 0 spiro atoms. The molecule has 0 radical (unpaired) electrons. The van der Waals surface area contributed by atoms with Crippen molar-refractivity contribution in [2.45, 2.75) is 40.0 Å². The zero-order valence-electron chi connectivity index (χ0n) is 12.9. The van der Waals surface area contributed by atoms with Gasteiger partial charge in [-0.25, -0.2) is 0 Å². The van der Waals surface area contributed by atoms with Crippen molar-refractivity contribution in [3.8, 4) is 0 Å². The van der Waals surface area contributed by atoms with E-state index in [9.17, 15) is 9.59 Å². The van der Waals surface area contributed by atoms with E-state index in [1.54, 1.807) is 0 Å². The maximum absolute atomic E-state index is 11.0. The fraction of sp³-hybridized carbons (Fsp3) is 0.846. The first-order chi connectivity index (χ1) is 9.90. The Labute approximate surface area is 127 Å². The van der Waals surface area contributed by atoms with E-state index in [-0.39, 0.29) is 12.8 Å². The second kappa shape index (κ2) is 10.8. The molecule has 0 aromatic heterocycles. The van der Waals surface area contributed by atoms with Gasteiger partial charge in [-0.2, -0.15) is 0 Å². The van der Waals surface area contributed by atoms with Crippen LogP contribution >= 0.6 is 10.9 Å². The van der Waals surface area contributed by atoms with Crippen molar-refractivity contribution >= 4 is 22.8 Å². The Morgan fingerprint density at radius 3 is 1.81 bits per heavy atom. The Kier molecular flexibility index (Phi) is 10.4. The number of hydrogen-bond acceptors (Lipinski definition) is 5. The van der Waals surface area contributed by atoms with E-state index in [1.165, 1.54) is 0 Å². The zero-order chi connectivity index (χ0) is 16.3. The Morgan fingerprint density at radius 2 is 1.48 bits per heavy atom. The van der Waals surface area contributed by atoms with Gasteiger partial charge in [-0.3, -0.25) is 22.1 Å². The molecule has 0 aromatic carbocycles. The lowest BCUT2D eigenvalue weighted by Gasteiger charge is -2.36. The van der Waals surface area contributed by atoms with Crippen molar-refractivity contribution in [3.63, 3.8) is 0 Å². The Hall–Kier alpha value is -0.830. The molecule has 21 heavy (non-hydrogen) atoms. The minimum Gasteiger partial charge on any atom is -0.481 e. The molecule has 0 saturated carbocycles. The van der Waals surface area contributed by atoms with Crippen LogP contribution in [-0.4, -0.2) is 47.7 Å². The molecule has 0 aromatic rings. The molecule has 0 amide bonds. The lowest BCUT2D eigenvalue weighted by Crippen LogP contribution is -2.20. The fourth-order valence-electron chi connectivity index (χ4n) is 1.85. The molecule has 0 saturated heterocycles. The van der Waals surface area contributed by atoms with E-state index in [0.29, 0.717) is 32.0 Å². The molecule has 0 bridgehead atoms. The van der Waals surface area contributed by atoms with E-state index in [1.807, 2.05) is 20.8 Å². The summed E-state index contributed by atoms with van der Waals surface area (Å²) >= 11 is 0. The molecule has 2 N–H and O–H groups in total. The average Bonchev–Trinajstić information content (AvgIpc) is 2.38. The smallest absolute Gasteiger partial charge is 0.307 e. The van der Waals surface area contributed by atoms with Crippen molar-refractivity contribution in [3.05, 3.63) is 0 Å². The molecule has 0 fully saturated rings. The van der Waals surface area contributed by atoms with E-state index in [2.05, 4.69) is 0 Å². The predicted molar refractivity (Wildman–Crippen MR) is 79.9 cm³/mol. The number of carboxylic acids is 2. The summed E-state index contributed by atoms with van der Waals surface area (Å²) in [5.41, 5.74) is 0. The number of aliphatic carboxylic acids is 2. The van der Waals surface area contributed by atoms with Gasteiger partial charge >= 0.3 is 11.9 Å². The SMILES string of the molecule is CCOS(CCCC(CC(=O)O)C(=O)O)(OCC)OCC. The normalized spacial score (nSPS) is 13.9. The molecule has 1 unspecified atom stereocenters. The number of carbonyl (C=O) groups is 2. The highest BCUT2D eigenvalue weighted by Crippen LogP contribution is 2.52. The van der Waals surface area contributed by atoms with Gasteiger partial charge in [0.25, 0.3) is 0 Å². The molecule has 0 aliphatic heterocycles. The van der Waals surface area contributed by atoms with Gasteiger partial charge in [-0.1, -0.05) is 0 Å². The lowest BCUT2D eigenvalue weighted by molar-refractivity contribution is -0.148. The van der Waals surface area contributed by atoms with Crippen molar-refractivity contribution in [1.82, 2.24) is 0 Å². The predicted octanol–water partition coefficient (Wildman–Crippen LogP) is 2.60. The topological polar surface area (TPSA) is 102 Å². The second-order valence-corrected chi connectivity index (χ2v) is 6.49. The average molecular weight is 326 g/mol. The number of hydrogen-bond donors (Lipinski definition) is 2. The minimum absolute atomic E-state index is 0.254. The minimum atomic E-state index is -2.14. The summed E-state index contributed by atoms with van der Waals surface area (Å²) in [5.74, 6) is -2.67. The third kappa shape index (κ3) is 8.25. The zero-order valence-corrected chi connectivity index (χ0v) is 13.7. The van der Waals surface area contributed by atoms with Gasteiger partial charge < -0.3 is 10.2 Å². The van der Waals surface area contributed by atoms with Gasteiger partial charge in [0.05, 0.1) is 43.0 Å². The summed E-state index contributed by atoms with van der Waals surface area (Å²) in [4.78, 5) is 21.7. The van der Waals surface area contributed by atoms with Crippen LogP contribution in [0.4, 0.5) is 0 Å². The van der Waals surface area contributed by atoms with Crippen LogP contribution in [0.25, 0.3) is 0 Å². The summed E-state index contributed by atoms with van der Waals surface area (Å²) in [7, 11) is -2.14. The van der Waals surface area contributed by atoms with Crippen LogP contribution < -0.4 is 0 Å². The quantitative estimate of drug-likeness (QED) is 0.536. The van der Waals surface area contributed by atoms with Crippen molar-refractivity contribution in [1.29, 1.82) is 0 Å². The highest BCUT2D eigenvalue weighted by atomic mass is 32.3. The summed E-state index contributed by atoms with van der Waals surface area (Å²) in [6.45, 7) is 6.82. The first-order valence-electron chi connectivity index (χ1n) is 7.09. The van der Waals surface area contributed by atoms with Gasteiger partial charge in [-0.05, 0) is 33.6 Å². The Morgan fingerprint density at radius 1 is 1.00 bits per heavy atom. The van der Waals surface area contributed by atoms with E-state index in [0.717, 1.165) is 0 Å². The summed E-state index contributed by atoms with van der Waals surface area (Å²) < 4.78 is 16.8. The molecule has 0 heterocycles. The highest BCUT2D eigenvalue weighted by Gasteiger charge is 2.28. The van der Waals surface area contributed by atoms with E-state index >= 15 is 0 Å². The Bertz CT molecular complexity index is 305. The molecule has 0 aliphatic carbocycles. The van der Waals surface area contributed by atoms with Gasteiger partial charge in [0.2, 0.25) is 0 Å². The van der Waals surface area contributed by atoms with Gasteiger partial charge in [0.1, 0.15) is 0 Å². The summed E-state index contributed by atoms with van der Waals surface area (Å²) in [5, 5.41) is 17.7. The fourth-order valence-corrected chi connectivity index (χ4v) is 4.00. The largest absolute Gasteiger partial charge is 0.481 e. The number of rotatable bonds is 13. The second-order valence-electron chi connectivity index (χ2n) is 4.26. The van der Waals surface area contributed by atoms with Crippen LogP contribution in [0, 0.1) is 5.92 Å². The molecule has 126 valence electrons. The third-order valence-corrected chi connectivity index (χ3v) is 5.18. The molecule has 0 aliphatic rings. The van der Waals surface area contributed by atoms with E-state index in [4.69, 9.17) is 22.8 Å². The molecule has 8 heteroatoms. The van der Waals surface area contributed by atoms with Crippen LogP contribution in [0.15, 0.2) is 0 Å². The molecule has 7 nitrogen and oxygen atoms in total. The van der Waals surface area contributed by atoms with Crippen LogP contribution in [0.1, 0.15) is 40.0 Å². The molecular formula is C13H26O7S.